The highest BCUT2D eigenvalue weighted by molar-refractivity contribution is 5.93. The quantitative estimate of drug-likeness (QED) is 0.194. The van der Waals surface area contributed by atoms with Crippen LogP contribution in [0, 0.1) is 5.92 Å². The van der Waals surface area contributed by atoms with Crippen LogP contribution in [0.25, 0.3) is 0 Å². The summed E-state index contributed by atoms with van der Waals surface area (Å²) in [5, 5.41) is 17.1. The third kappa shape index (κ3) is 7.19. The second-order valence-corrected chi connectivity index (χ2v) is 7.52. The SMILES string of the molecule is CC(C)C(NC(=O)CN)C(=O)NC(Cc1cnc[nH]1)C(=O)NC(Cc1cnc[nH]1)C(=O)O. The Morgan fingerprint density at radius 2 is 1.47 bits per heavy atom. The van der Waals surface area contributed by atoms with Crippen LogP contribution in [0.3, 0.4) is 0 Å². The van der Waals surface area contributed by atoms with Gasteiger partial charge in [0.05, 0.1) is 19.2 Å². The Balaban J connectivity index is 2.17. The van der Waals surface area contributed by atoms with Crippen molar-refractivity contribution < 1.29 is 24.3 Å². The van der Waals surface area contributed by atoms with Crippen molar-refractivity contribution in [3.8, 4) is 0 Å². The highest BCUT2D eigenvalue weighted by Gasteiger charge is 2.31. The zero-order valence-electron chi connectivity index (χ0n) is 17.8. The van der Waals surface area contributed by atoms with Gasteiger partial charge >= 0.3 is 5.97 Å². The summed E-state index contributed by atoms with van der Waals surface area (Å²) in [6.45, 7) is 3.17. The monoisotopic (exact) mass is 448 g/mol. The van der Waals surface area contributed by atoms with Gasteiger partial charge in [-0.15, -0.1) is 0 Å². The third-order valence-electron chi connectivity index (χ3n) is 4.66. The molecule has 13 heteroatoms. The molecule has 3 unspecified atom stereocenters. The number of rotatable bonds is 12. The molecule has 0 aliphatic heterocycles. The number of nitrogens with zero attached hydrogens (tertiary/aromatic N) is 2. The highest BCUT2D eigenvalue weighted by Crippen LogP contribution is 2.06. The number of carbonyl (C=O) groups excluding carboxylic acids is 3. The van der Waals surface area contributed by atoms with Crippen molar-refractivity contribution in [3.63, 3.8) is 0 Å². The molecule has 0 aromatic carbocycles. The van der Waals surface area contributed by atoms with Gasteiger partial charge in [-0.25, -0.2) is 14.8 Å². The smallest absolute Gasteiger partial charge is 0.326 e. The fraction of sp³-hybridized carbons (Fsp3) is 0.474. The standard InChI is InChI=1S/C19H28N8O5/c1-10(2)16(27-15(28)5-20)18(30)25-13(3-11-6-21-8-23-11)17(29)26-14(19(31)32)4-12-7-22-9-24-12/h6-10,13-14,16H,3-5,20H2,1-2H3,(H,21,23)(H,22,24)(H,25,30)(H,26,29)(H,27,28)(H,31,32). The molecular weight excluding hydrogens is 420 g/mol. The molecule has 13 nitrogen and oxygen atoms in total. The Labute approximate surface area is 184 Å². The molecule has 2 aromatic heterocycles. The molecule has 8 N–H and O–H groups in total. The van der Waals surface area contributed by atoms with E-state index < -0.39 is 41.8 Å². The van der Waals surface area contributed by atoms with Crippen LogP contribution < -0.4 is 21.7 Å². The molecule has 174 valence electrons. The first-order valence-corrected chi connectivity index (χ1v) is 9.98. The molecular formula is C19H28N8O5. The van der Waals surface area contributed by atoms with Crippen LogP contribution in [0.15, 0.2) is 25.0 Å². The van der Waals surface area contributed by atoms with Gasteiger partial charge in [-0.3, -0.25) is 14.4 Å². The predicted octanol–water partition coefficient (Wildman–Crippen LogP) is -1.93. The summed E-state index contributed by atoms with van der Waals surface area (Å²) in [4.78, 5) is 62.5. The Morgan fingerprint density at radius 3 is 1.91 bits per heavy atom. The number of hydrogen-bond acceptors (Lipinski definition) is 7. The maximum atomic E-state index is 13.0. The van der Waals surface area contributed by atoms with E-state index >= 15 is 0 Å². The van der Waals surface area contributed by atoms with Crippen molar-refractivity contribution in [1.82, 2.24) is 35.9 Å². The number of aliphatic carboxylic acids is 1. The first kappa shape index (κ1) is 24.5. The van der Waals surface area contributed by atoms with Gasteiger partial charge in [-0.1, -0.05) is 13.8 Å². The number of aromatic amines is 2. The summed E-state index contributed by atoms with van der Waals surface area (Å²) in [5.41, 5.74) is 6.40. The molecule has 0 fully saturated rings. The molecule has 2 rings (SSSR count). The molecule has 0 aliphatic rings. The van der Waals surface area contributed by atoms with Gasteiger partial charge in [0.15, 0.2) is 0 Å². The first-order valence-electron chi connectivity index (χ1n) is 9.98. The Morgan fingerprint density at radius 1 is 0.938 bits per heavy atom. The number of aromatic nitrogens is 4. The van der Waals surface area contributed by atoms with Gasteiger partial charge in [0, 0.05) is 36.6 Å². The van der Waals surface area contributed by atoms with Crippen LogP contribution in [0.2, 0.25) is 0 Å². The van der Waals surface area contributed by atoms with E-state index in [4.69, 9.17) is 5.73 Å². The second-order valence-electron chi connectivity index (χ2n) is 7.52. The second kappa shape index (κ2) is 11.6. The van der Waals surface area contributed by atoms with Gasteiger partial charge in [-0.2, -0.15) is 0 Å². The van der Waals surface area contributed by atoms with E-state index in [1.165, 1.54) is 25.0 Å². The average Bonchev–Trinajstić information content (AvgIpc) is 3.44. The zero-order chi connectivity index (χ0) is 23.7. The molecule has 2 heterocycles. The molecule has 0 radical (unpaired) electrons. The number of nitrogens with one attached hydrogen (secondary N) is 5. The van der Waals surface area contributed by atoms with E-state index in [1.54, 1.807) is 13.8 Å². The molecule has 0 spiro atoms. The van der Waals surface area contributed by atoms with Crippen LogP contribution >= 0.6 is 0 Å². The molecule has 3 amide bonds. The molecule has 0 saturated heterocycles. The number of nitrogens with two attached hydrogens (primary N) is 1. The first-order chi connectivity index (χ1) is 15.2. The van der Waals surface area contributed by atoms with Crippen molar-refractivity contribution in [2.45, 2.75) is 44.8 Å². The Kier molecular flexibility index (Phi) is 8.89. The minimum Gasteiger partial charge on any atom is -0.480 e. The van der Waals surface area contributed by atoms with Gasteiger partial charge in [0.1, 0.15) is 18.1 Å². The summed E-state index contributed by atoms with van der Waals surface area (Å²) in [5.74, 6) is -3.34. The molecule has 2 aromatic rings. The van der Waals surface area contributed by atoms with E-state index in [2.05, 4.69) is 35.9 Å². The number of H-pyrrole nitrogens is 2. The zero-order valence-corrected chi connectivity index (χ0v) is 17.8. The van der Waals surface area contributed by atoms with Crippen LogP contribution in [-0.2, 0) is 32.0 Å². The van der Waals surface area contributed by atoms with Crippen molar-refractivity contribution in [3.05, 3.63) is 36.4 Å². The Bertz CT molecular complexity index is 897. The van der Waals surface area contributed by atoms with Gasteiger partial charge in [0.2, 0.25) is 17.7 Å². The van der Waals surface area contributed by atoms with Crippen molar-refractivity contribution in [1.29, 1.82) is 0 Å². The molecule has 0 bridgehead atoms. The average molecular weight is 448 g/mol. The molecule has 3 atom stereocenters. The lowest BCUT2D eigenvalue weighted by atomic mass is 10.0. The summed E-state index contributed by atoms with van der Waals surface area (Å²) in [6, 6.07) is -3.30. The van der Waals surface area contributed by atoms with Crippen LogP contribution in [0.4, 0.5) is 0 Å². The summed E-state index contributed by atoms with van der Waals surface area (Å²) in [7, 11) is 0. The third-order valence-corrected chi connectivity index (χ3v) is 4.66. The lowest BCUT2D eigenvalue weighted by Gasteiger charge is -2.26. The normalized spacial score (nSPS) is 13.8. The van der Waals surface area contributed by atoms with E-state index in [1.807, 2.05) is 0 Å². The number of amides is 3. The fourth-order valence-corrected chi connectivity index (χ4v) is 2.94. The van der Waals surface area contributed by atoms with Gasteiger partial charge in [-0.05, 0) is 5.92 Å². The largest absolute Gasteiger partial charge is 0.480 e. The van der Waals surface area contributed by atoms with Crippen LogP contribution in [-0.4, -0.2) is 73.4 Å². The van der Waals surface area contributed by atoms with E-state index in [0.717, 1.165) is 0 Å². The summed E-state index contributed by atoms with van der Waals surface area (Å²) in [6.07, 6.45) is 5.78. The van der Waals surface area contributed by atoms with E-state index in [9.17, 15) is 24.3 Å². The number of carbonyl (C=O) groups is 4. The van der Waals surface area contributed by atoms with Crippen molar-refractivity contribution in [2.24, 2.45) is 11.7 Å². The number of carboxylic acids is 1. The van der Waals surface area contributed by atoms with Gasteiger partial charge < -0.3 is 36.8 Å². The Hall–Kier alpha value is -3.74. The van der Waals surface area contributed by atoms with E-state index in [0.29, 0.717) is 11.4 Å². The molecule has 0 aliphatic carbocycles. The molecule has 32 heavy (non-hydrogen) atoms. The predicted molar refractivity (Wildman–Crippen MR) is 112 cm³/mol. The number of hydrogen-bond donors (Lipinski definition) is 7. The molecule has 0 saturated carbocycles. The van der Waals surface area contributed by atoms with Gasteiger partial charge in [0.25, 0.3) is 0 Å². The fourth-order valence-electron chi connectivity index (χ4n) is 2.94. The van der Waals surface area contributed by atoms with Crippen LogP contribution in [0.1, 0.15) is 25.2 Å². The summed E-state index contributed by atoms with van der Waals surface area (Å²) < 4.78 is 0. The lowest BCUT2D eigenvalue weighted by molar-refractivity contribution is -0.142. The minimum atomic E-state index is -1.25. The van der Waals surface area contributed by atoms with Crippen LogP contribution in [0.5, 0.6) is 0 Å². The maximum Gasteiger partial charge on any atom is 0.326 e. The highest BCUT2D eigenvalue weighted by atomic mass is 16.4. The summed E-state index contributed by atoms with van der Waals surface area (Å²) >= 11 is 0. The number of carboxylic acid groups (broad SMARTS) is 1. The maximum absolute atomic E-state index is 13.0. The van der Waals surface area contributed by atoms with Crippen molar-refractivity contribution in [2.75, 3.05) is 6.54 Å². The topological polar surface area (TPSA) is 208 Å². The van der Waals surface area contributed by atoms with Crippen molar-refractivity contribution >= 4 is 23.7 Å². The van der Waals surface area contributed by atoms with E-state index in [-0.39, 0.29) is 25.3 Å². The lowest BCUT2D eigenvalue weighted by Crippen LogP contribution is -2.58. The minimum absolute atomic E-state index is 0.0209. The number of imidazole rings is 2.